The van der Waals surface area contributed by atoms with E-state index in [2.05, 4.69) is 0 Å². The molecule has 1 N–H and O–H groups in total. The van der Waals surface area contributed by atoms with E-state index in [0.717, 1.165) is 23.8 Å². The zero-order valence-corrected chi connectivity index (χ0v) is 27.2. The number of likely N-dealkylation sites (N-methyl/N-ethyl adjacent to an activating group) is 1. The summed E-state index contributed by atoms with van der Waals surface area (Å²) in [4.78, 5) is 41.3. The van der Waals surface area contributed by atoms with Gasteiger partial charge in [0.25, 0.3) is 5.56 Å². The van der Waals surface area contributed by atoms with Crippen molar-refractivity contribution >= 4 is 11.8 Å². The van der Waals surface area contributed by atoms with Crippen LogP contribution in [0.15, 0.2) is 41.3 Å². The third-order valence-electron chi connectivity index (χ3n) is 8.03. The van der Waals surface area contributed by atoms with Crippen LogP contribution in [-0.4, -0.2) is 47.0 Å². The van der Waals surface area contributed by atoms with E-state index in [0.29, 0.717) is 35.7 Å². The number of hydrogen-bond donors (Lipinski definition) is 1. The number of Topliss-reactive ketones (excluding diaryl/α,β-unsaturated/α-hetero) is 1. The van der Waals surface area contributed by atoms with Gasteiger partial charge >= 0.3 is 12.1 Å². The maximum absolute atomic E-state index is 15.8. The van der Waals surface area contributed by atoms with Crippen LogP contribution in [0.3, 0.4) is 0 Å². The first-order chi connectivity index (χ1) is 21.3. The number of carboxylic acid groups (broad SMARTS) is 1. The SMILES string of the molecule is Cc1cc(F)cc(C)c1-c1cc([C@H](CC(=O)O)CC(=O)C(CC(C)C)n2cc(CCN(C)C)cc(C)c2=O)c(F)c(C(F)(F)F)c1. The molecule has 1 heterocycles. The number of hydrogen-bond acceptors (Lipinski definition) is 4. The number of aryl methyl sites for hydroxylation is 3. The van der Waals surface area contributed by atoms with Gasteiger partial charge in [0.05, 0.1) is 18.0 Å². The second-order valence-corrected chi connectivity index (χ2v) is 12.7. The zero-order chi connectivity index (χ0) is 34.7. The van der Waals surface area contributed by atoms with Gasteiger partial charge in [-0.05, 0) is 117 Å². The van der Waals surface area contributed by atoms with Crippen molar-refractivity contribution in [2.24, 2.45) is 5.92 Å². The molecule has 3 aromatic rings. The van der Waals surface area contributed by atoms with Gasteiger partial charge in [0, 0.05) is 30.6 Å². The van der Waals surface area contributed by atoms with Crippen LogP contribution in [0.25, 0.3) is 11.1 Å². The lowest BCUT2D eigenvalue weighted by atomic mass is 9.83. The zero-order valence-electron chi connectivity index (χ0n) is 27.2. The van der Waals surface area contributed by atoms with Gasteiger partial charge in [0.15, 0.2) is 5.78 Å². The minimum atomic E-state index is -5.15. The first-order valence-electron chi connectivity index (χ1n) is 15.1. The van der Waals surface area contributed by atoms with Crippen LogP contribution in [-0.2, 0) is 22.2 Å². The Balaban J connectivity index is 2.21. The average molecular weight is 649 g/mol. The van der Waals surface area contributed by atoms with Gasteiger partial charge in [-0.3, -0.25) is 14.4 Å². The Kier molecular flexibility index (Phi) is 11.7. The molecule has 6 nitrogen and oxygen atoms in total. The normalized spacial score (nSPS) is 13.3. The maximum atomic E-state index is 15.8. The molecule has 0 spiro atoms. The van der Waals surface area contributed by atoms with Crippen LogP contribution >= 0.6 is 0 Å². The number of ketones is 1. The first-order valence-corrected chi connectivity index (χ1v) is 15.1. The van der Waals surface area contributed by atoms with E-state index in [9.17, 15) is 37.1 Å². The van der Waals surface area contributed by atoms with E-state index in [-0.39, 0.29) is 23.5 Å². The van der Waals surface area contributed by atoms with Gasteiger partial charge in [-0.15, -0.1) is 0 Å². The summed E-state index contributed by atoms with van der Waals surface area (Å²) in [7, 11) is 3.79. The summed E-state index contributed by atoms with van der Waals surface area (Å²) >= 11 is 0. The Labute approximate surface area is 265 Å². The molecule has 2 aromatic carbocycles. The monoisotopic (exact) mass is 648 g/mol. The number of halogens is 5. The van der Waals surface area contributed by atoms with Crippen LogP contribution in [0.5, 0.6) is 0 Å². The lowest BCUT2D eigenvalue weighted by Crippen LogP contribution is -2.33. The highest BCUT2D eigenvalue weighted by molar-refractivity contribution is 5.84. The van der Waals surface area contributed by atoms with Crippen molar-refractivity contribution in [1.29, 1.82) is 0 Å². The number of nitrogens with zero attached hydrogens (tertiary/aromatic N) is 2. The minimum absolute atomic E-state index is 0.0827. The van der Waals surface area contributed by atoms with Crippen molar-refractivity contribution in [2.45, 2.75) is 78.4 Å². The Hall–Kier alpha value is -3.86. The summed E-state index contributed by atoms with van der Waals surface area (Å²) in [6, 6.07) is 4.70. The Morgan fingerprint density at radius 3 is 2.07 bits per heavy atom. The number of alkyl halides is 3. The van der Waals surface area contributed by atoms with Gasteiger partial charge in [-0.25, -0.2) is 8.78 Å². The molecule has 1 unspecified atom stereocenters. The van der Waals surface area contributed by atoms with E-state index in [1.807, 2.05) is 32.8 Å². The number of carbonyl (C=O) groups excluding carboxylic acids is 1. The second kappa shape index (κ2) is 14.7. The van der Waals surface area contributed by atoms with Crippen molar-refractivity contribution in [3.05, 3.63) is 91.9 Å². The molecule has 0 fully saturated rings. The predicted molar refractivity (Wildman–Crippen MR) is 167 cm³/mol. The fraction of sp³-hybridized carbons (Fsp3) is 0.457. The number of aliphatic carboxylic acids is 1. The smallest absolute Gasteiger partial charge is 0.419 e. The number of aromatic nitrogens is 1. The van der Waals surface area contributed by atoms with Crippen molar-refractivity contribution in [1.82, 2.24) is 9.47 Å². The largest absolute Gasteiger partial charge is 0.481 e. The van der Waals surface area contributed by atoms with Gasteiger partial charge in [-0.2, -0.15) is 13.2 Å². The molecule has 250 valence electrons. The molecule has 2 atom stereocenters. The van der Waals surface area contributed by atoms with E-state index >= 15 is 4.39 Å². The van der Waals surface area contributed by atoms with Gasteiger partial charge < -0.3 is 14.6 Å². The highest BCUT2D eigenvalue weighted by atomic mass is 19.4. The standard InChI is InChI=1S/C35H41F5N2O4/c1-19(2)10-29(42-18-23(8-9-41(6)7)11-22(5)34(42)46)30(43)16-24(17-31(44)45)27-14-25(15-28(33(27)37)35(38,39)40)32-20(3)12-26(36)13-21(32)4/h11-15,18-19,24,29H,8-10,16-17H2,1-7H3,(H,44,45)/t24-,29?/m0/s1. The average Bonchev–Trinajstić information content (AvgIpc) is 2.91. The molecule has 0 aliphatic carbocycles. The first kappa shape index (κ1) is 36.6. The quantitative estimate of drug-likeness (QED) is 0.193. The third-order valence-corrected chi connectivity index (χ3v) is 8.03. The molecule has 0 aliphatic heterocycles. The molecule has 0 saturated heterocycles. The highest BCUT2D eigenvalue weighted by Gasteiger charge is 2.38. The van der Waals surface area contributed by atoms with E-state index in [1.165, 1.54) is 18.4 Å². The topological polar surface area (TPSA) is 79.6 Å². The number of benzene rings is 2. The second-order valence-electron chi connectivity index (χ2n) is 12.7. The summed E-state index contributed by atoms with van der Waals surface area (Å²) in [5.74, 6) is -5.89. The summed E-state index contributed by atoms with van der Waals surface area (Å²) < 4.78 is 73.7. The fourth-order valence-corrected chi connectivity index (χ4v) is 5.93. The highest BCUT2D eigenvalue weighted by Crippen LogP contribution is 2.41. The molecule has 1 aromatic heterocycles. The van der Waals surface area contributed by atoms with Crippen LogP contribution in [0.4, 0.5) is 22.0 Å². The summed E-state index contributed by atoms with van der Waals surface area (Å²) in [6.07, 6.45) is -4.24. The molecule has 0 amide bonds. The Morgan fingerprint density at radius 1 is 0.935 bits per heavy atom. The molecular formula is C35H41F5N2O4. The van der Waals surface area contributed by atoms with Gasteiger partial charge in [0.1, 0.15) is 11.6 Å². The minimum Gasteiger partial charge on any atom is -0.481 e. The van der Waals surface area contributed by atoms with Crippen molar-refractivity contribution < 1.29 is 36.6 Å². The van der Waals surface area contributed by atoms with Crippen LogP contribution < -0.4 is 5.56 Å². The fourth-order valence-electron chi connectivity index (χ4n) is 5.93. The molecule has 0 saturated carbocycles. The van der Waals surface area contributed by atoms with E-state index in [4.69, 9.17) is 0 Å². The Morgan fingerprint density at radius 2 is 1.54 bits per heavy atom. The van der Waals surface area contributed by atoms with Crippen molar-refractivity contribution in [2.75, 3.05) is 20.6 Å². The van der Waals surface area contributed by atoms with E-state index < -0.39 is 71.1 Å². The van der Waals surface area contributed by atoms with E-state index in [1.54, 1.807) is 19.2 Å². The number of rotatable bonds is 13. The molecule has 11 heteroatoms. The molecule has 46 heavy (non-hydrogen) atoms. The molecule has 0 radical (unpaired) electrons. The summed E-state index contributed by atoms with van der Waals surface area (Å²) in [5.41, 5.74) is -0.669. The molecule has 3 rings (SSSR count). The number of carboxylic acids is 1. The lowest BCUT2D eigenvalue weighted by Gasteiger charge is -2.26. The van der Waals surface area contributed by atoms with Crippen molar-refractivity contribution in [3.8, 4) is 11.1 Å². The van der Waals surface area contributed by atoms with Crippen LogP contribution in [0.1, 0.15) is 78.5 Å². The molecule has 0 aliphatic rings. The van der Waals surface area contributed by atoms with Gasteiger partial charge in [-0.1, -0.05) is 13.8 Å². The predicted octanol–water partition coefficient (Wildman–Crippen LogP) is 7.65. The Bertz CT molecular complexity index is 1640. The summed E-state index contributed by atoms with van der Waals surface area (Å²) in [6.45, 7) is 8.99. The molecular weight excluding hydrogens is 607 g/mol. The van der Waals surface area contributed by atoms with Crippen molar-refractivity contribution in [3.63, 3.8) is 0 Å². The summed E-state index contributed by atoms with van der Waals surface area (Å²) in [5, 5.41) is 9.75. The lowest BCUT2D eigenvalue weighted by molar-refractivity contribution is -0.140. The number of pyridine rings is 1. The van der Waals surface area contributed by atoms with Gasteiger partial charge in [0.2, 0.25) is 0 Å². The maximum Gasteiger partial charge on any atom is 0.419 e. The number of carbonyl (C=O) groups is 2. The van der Waals surface area contributed by atoms with Crippen LogP contribution in [0, 0.1) is 38.3 Å². The van der Waals surface area contributed by atoms with Crippen LogP contribution in [0.2, 0.25) is 0 Å². The molecule has 0 bridgehead atoms. The third kappa shape index (κ3) is 8.90.